The zero-order valence-corrected chi connectivity index (χ0v) is 10.5. The van der Waals surface area contributed by atoms with E-state index in [0.29, 0.717) is 6.42 Å². The number of fused-ring (bicyclic) bond motifs is 1. The van der Waals surface area contributed by atoms with Crippen LogP contribution in [0, 0.1) is 0 Å². The minimum atomic E-state index is -0.680. The van der Waals surface area contributed by atoms with Crippen LogP contribution in [0.5, 0.6) is 0 Å². The van der Waals surface area contributed by atoms with E-state index in [1.807, 2.05) is 31.2 Å². The summed E-state index contributed by atoms with van der Waals surface area (Å²) in [5, 5.41) is 11.4. The van der Waals surface area contributed by atoms with Gasteiger partial charge in [0.1, 0.15) is 0 Å². The van der Waals surface area contributed by atoms with Crippen molar-refractivity contribution in [1.82, 2.24) is 4.68 Å². The van der Waals surface area contributed by atoms with E-state index in [4.69, 9.17) is 5.84 Å². The smallest absolute Gasteiger partial charge is 0.0693 e. The first-order chi connectivity index (χ1) is 8.03. The van der Waals surface area contributed by atoms with Crippen LogP contribution in [0.2, 0.25) is 0 Å². The van der Waals surface area contributed by atoms with E-state index in [1.54, 1.807) is 4.68 Å². The molecule has 0 aliphatic rings. The number of para-hydroxylation sites is 1. The number of nitrogen functional groups attached to an aromatic ring is 1. The summed E-state index contributed by atoms with van der Waals surface area (Å²) in [7, 11) is 0. The van der Waals surface area contributed by atoms with E-state index in [9.17, 15) is 5.11 Å². The van der Waals surface area contributed by atoms with Crippen molar-refractivity contribution in [3.63, 3.8) is 0 Å². The Hall–Kier alpha value is -1.48. The summed E-state index contributed by atoms with van der Waals surface area (Å²) >= 11 is 0. The van der Waals surface area contributed by atoms with Gasteiger partial charge in [-0.15, -0.1) is 0 Å². The normalized spacial score (nSPS) is 15.0. The van der Waals surface area contributed by atoms with Crippen molar-refractivity contribution < 1.29 is 5.11 Å². The molecule has 0 aliphatic carbocycles. The van der Waals surface area contributed by atoms with Crippen LogP contribution in [-0.4, -0.2) is 15.4 Å². The van der Waals surface area contributed by atoms with Gasteiger partial charge < -0.3 is 10.9 Å². The van der Waals surface area contributed by atoms with Crippen LogP contribution >= 0.6 is 0 Å². The molecule has 3 nitrogen and oxygen atoms in total. The van der Waals surface area contributed by atoms with Crippen LogP contribution in [0.15, 0.2) is 30.3 Å². The van der Waals surface area contributed by atoms with Crippen LogP contribution < -0.4 is 5.84 Å². The predicted molar refractivity (Wildman–Crippen MR) is 71.3 cm³/mol. The van der Waals surface area contributed by atoms with Crippen molar-refractivity contribution in [2.45, 2.75) is 38.7 Å². The van der Waals surface area contributed by atoms with Gasteiger partial charge in [0.15, 0.2) is 0 Å². The highest BCUT2D eigenvalue weighted by molar-refractivity contribution is 5.81. The topological polar surface area (TPSA) is 51.2 Å². The molecule has 1 heterocycles. The van der Waals surface area contributed by atoms with Gasteiger partial charge in [0.05, 0.1) is 11.1 Å². The van der Waals surface area contributed by atoms with Gasteiger partial charge in [-0.3, -0.25) is 4.68 Å². The number of hydrogen-bond acceptors (Lipinski definition) is 2. The fraction of sp³-hybridized carbons (Fsp3) is 0.429. The van der Waals surface area contributed by atoms with Gasteiger partial charge >= 0.3 is 0 Å². The molecule has 0 fully saturated rings. The molecule has 1 atom stereocenters. The van der Waals surface area contributed by atoms with E-state index in [2.05, 4.69) is 13.0 Å². The number of benzene rings is 1. The van der Waals surface area contributed by atoms with E-state index in [0.717, 1.165) is 29.4 Å². The number of aliphatic hydroxyl groups is 1. The number of nitrogens with zero attached hydrogens (tertiary/aromatic N) is 1. The highest BCUT2D eigenvalue weighted by Gasteiger charge is 2.22. The minimum absolute atomic E-state index is 0.589. The molecule has 2 rings (SSSR count). The Morgan fingerprint density at radius 2 is 2.06 bits per heavy atom. The largest absolute Gasteiger partial charge is 0.390 e. The summed E-state index contributed by atoms with van der Waals surface area (Å²) in [6.45, 7) is 3.95. The van der Waals surface area contributed by atoms with E-state index in [1.165, 1.54) is 0 Å². The molecule has 1 unspecified atom stereocenters. The second-order valence-electron chi connectivity index (χ2n) is 4.99. The maximum Gasteiger partial charge on any atom is 0.0693 e. The average molecular weight is 232 g/mol. The average Bonchev–Trinajstić information content (AvgIpc) is 2.56. The molecule has 0 aliphatic heterocycles. The molecule has 0 amide bonds. The van der Waals surface area contributed by atoms with Crippen molar-refractivity contribution >= 4 is 10.9 Å². The van der Waals surface area contributed by atoms with Gasteiger partial charge in [0.25, 0.3) is 0 Å². The number of hydrogen-bond donors (Lipinski definition) is 2. The molecular formula is C14H20N2O. The molecule has 92 valence electrons. The summed E-state index contributed by atoms with van der Waals surface area (Å²) in [5.74, 6) is 6.05. The quantitative estimate of drug-likeness (QED) is 0.795. The first-order valence-corrected chi connectivity index (χ1v) is 6.10. The lowest BCUT2D eigenvalue weighted by atomic mass is 9.95. The highest BCUT2D eigenvalue weighted by Crippen LogP contribution is 2.23. The molecule has 0 spiro atoms. The second-order valence-corrected chi connectivity index (χ2v) is 4.99. The summed E-state index contributed by atoms with van der Waals surface area (Å²) in [5.41, 5.74) is 1.31. The third-order valence-electron chi connectivity index (χ3n) is 3.18. The summed E-state index contributed by atoms with van der Waals surface area (Å²) in [4.78, 5) is 0. The van der Waals surface area contributed by atoms with E-state index in [-0.39, 0.29) is 0 Å². The molecule has 2 aromatic rings. The summed E-state index contributed by atoms with van der Waals surface area (Å²) < 4.78 is 1.68. The Bertz CT molecular complexity index is 514. The van der Waals surface area contributed by atoms with Gasteiger partial charge in [0.2, 0.25) is 0 Å². The van der Waals surface area contributed by atoms with Crippen molar-refractivity contribution in [2.75, 3.05) is 5.84 Å². The summed E-state index contributed by atoms with van der Waals surface area (Å²) in [6, 6.07) is 10.1. The zero-order chi connectivity index (χ0) is 12.5. The first-order valence-electron chi connectivity index (χ1n) is 6.10. The predicted octanol–water partition coefficient (Wildman–Crippen LogP) is 2.45. The molecule has 0 bridgehead atoms. The van der Waals surface area contributed by atoms with Crippen molar-refractivity contribution in [3.8, 4) is 0 Å². The van der Waals surface area contributed by atoms with Crippen LogP contribution in [0.1, 0.15) is 32.4 Å². The Morgan fingerprint density at radius 1 is 1.35 bits per heavy atom. The Balaban J connectivity index is 2.33. The molecule has 3 N–H and O–H groups in total. The van der Waals surface area contributed by atoms with E-state index < -0.39 is 5.60 Å². The molecule has 1 aromatic heterocycles. The fourth-order valence-corrected chi connectivity index (χ4v) is 2.39. The van der Waals surface area contributed by atoms with Gasteiger partial charge in [-0.1, -0.05) is 31.5 Å². The van der Waals surface area contributed by atoms with Gasteiger partial charge in [-0.25, -0.2) is 0 Å². The molecule has 17 heavy (non-hydrogen) atoms. The van der Waals surface area contributed by atoms with Gasteiger partial charge in [0, 0.05) is 17.5 Å². The third-order valence-corrected chi connectivity index (χ3v) is 3.18. The van der Waals surface area contributed by atoms with Gasteiger partial charge in [-0.2, -0.15) is 0 Å². The Morgan fingerprint density at radius 3 is 2.71 bits per heavy atom. The molecule has 3 heteroatoms. The number of aromatic nitrogens is 1. The second kappa shape index (κ2) is 4.41. The lowest BCUT2D eigenvalue weighted by Crippen LogP contribution is -2.29. The van der Waals surface area contributed by atoms with Gasteiger partial charge in [-0.05, 0) is 25.5 Å². The maximum atomic E-state index is 10.2. The minimum Gasteiger partial charge on any atom is -0.390 e. The monoisotopic (exact) mass is 232 g/mol. The van der Waals surface area contributed by atoms with Crippen molar-refractivity contribution in [2.24, 2.45) is 0 Å². The molecule has 0 radical (unpaired) electrons. The maximum absolute atomic E-state index is 10.2. The fourth-order valence-electron chi connectivity index (χ4n) is 2.39. The highest BCUT2D eigenvalue weighted by atomic mass is 16.3. The molecule has 1 aromatic carbocycles. The number of rotatable bonds is 4. The van der Waals surface area contributed by atoms with Crippen LogP contribution in [0.25, 0.3) is 10.9 Å². The lowest BCUT2D eigenvalue weighted by Gasteiger charge is -2.22. The third kappa shape index (κ3) is 2.44. The first kappa shape index (κ1) is 12.0. The molecule has 0 saturated carbocycles. The standard InChI is InChI=1S/C14H20N2O/c1-3-8-14(2,17)10-12-9-11-6-4-5-7-13(11)16(12)15/h4-7,9,17H,3,8,10,15H2,1-2H3. The number of nitrogens with two attached hydrogens (primary N) is 1. The van der Waals surface area contributed by atoms with Crippen LogP contribution in [-0.2, 0) is 6.42 Å². The lowest BCUT2D eigenvalue weighted by molar-refractivity contribution is 0.0492. The SMILES string of the molecule is CCCC(C)(O)Cc1cc2ccccc2n1N. The van der Waals surface area contributed by atoms with Crippen molar-refractivity contribution in [1.29, 1.82) is 0 Å². The Labute approximate surface area is 102 Å². The van der Waals surface area contributed by atoms with Crippen LogP contribution in [0.4, 0.5) is 0 Å². The van der Waals surface area contributed by atoms with Crippen molar-refractivity contribution in [3.05, 3.63) is 36.0 Å². The molecular weight excluding hydrogens is 212 g/mol. The Kier molecular flexibility index (Phi) is 3.11. The van der Waals surface area contributed by atoms with E-state index >= 15 is 0 Å². The molecule has 0 saturated heterocycles. The zero-order valence-electron chi connectivity index (χ0n) is 10.5. The summed E-state index contributed by atoms with van der Waals surface area (Å²) in [6.07, 6.45) is 2.35. The van der Waals surface area contributed by atoms with Crippen LogP contribution in [0.3, 0.4) is 0 Å².